The molecule has 1 saturated heterocycles. The third-order valence-corrected chi connectivity index (χ3v) is 6.94. The van der Waals surface area contributed by atoms with Gasteiger partial charge >= 0.3 is 0 Å². The minimum absolute atomic E-state index is 0.247. The van der Waals surface area contributed by atoms with Gasteiger partial charge in [-0.1, -0.05) is 30.7 Å². The van der Waals surface area contributed by atoms with Crippen LogP contribution in [-0.4, -0.2) is 37.8 Å². The summed E-state index contributed by atoms with van der Waals surface area (Å²) in [6.45, 7) is 2.98. The second kappa shape index (κ2) is 9.74. The molecule has 0 spiro atoms. The van der Waals surface area contributed by atoms with E-state index in [0.29, 0.717) is 24.4 Å². The van der Waals surface area contributed by atoms with Crippen LogP contribution in [0.4, 0.5) is 0 Å². The first-order valence-electron chi connectivity index (χ1n) is 9.94. The first kappa shape index (κ1) is 21.8. The smallest absolute Gasteiger partial charge is 0.261 e. The van der Waals surface area contributed by atoms with E-state index >= 15 is 0 Å². The second-order valence-electron chi connectivity index (χ2n) is 7.19. The van der Waals surface area contributed by atoms with Crippen molar-refractivity contribution in [1.29, 1.82) is 5.26 Å². The predicted molar refractivity (Wildman–Crippen MR) is 112 cm³/mol. The van der Waals surface area contributed by atoms with Gasteiger partial charge in [0, 0.05) is 19.6 Å². The summed E-state index contributed by atoms with van der Waals surface area (Å²) in [5.41, 5.74) is 1.15. The molecular formula is C22H25N3O4S. The van der Waals surface area contributed by atoms with Crippen molar-refractivity contribution in [1.82, 2.24) is 9.62 Å². The predicted octanol–water partition coefficient (Wildman–Crippen LogP) is 2.82. The van der Waals surface area contributed by atoms with E-state index in [4.69, 9.17) is 10.00 Å². The van der Waals surface area contributed by atoms with Crippen molar-refractivity contribution in [3.63, 3.8) is 0 Å². The molecule has 1 amide bonds. The third-order valence-electron chi connectivity index (χ3n) is 5.02. The van der Waals surface area contributed by atoms with E-state index in [-0.39, 0.29) is 17.3 Å². The van der Waals surface area contributed by atoms with Crippen molar-refractivity contribution in [3.8, 4) is 11.8 Å². The summed E-state index contributed by atoms with van der Waals surface area (Å²) < 4.78 is 32.5. The van der Waals surface area contributed by atoms with E-state index < -0.39 is 16.1 Å². The highest BCUT2D eigenvalue weighted by molar-refractivity contribution is 7.89. The first-order chi connectivity index (χ1) is 14.4. The highest BCUT2D eigenvalue weighted by atomic mass is 32.2. The topological polar surface area (TPSA) is 99.5 Å². The van der Waals surface area contributed by atoms with Crippen LogP contribution in [0, 0.1) is 11.3 Å². The largest absolute Gasteiger partial charge is 0.480 e. The fraction of sp³-hybridized carbons (Fsp3) is 0.364. The van der Waals surface area contributed by atoms with Crippen molar-refractivity contribution in [2.75, 3.05) is 13.1 Å². The summed E-state index contributed by atoms with van der Waals surface area (Å²) in [5, 5.41) is 11.9. The van der Waals surface area contributed by atoms with E-state index in [9.17, 15) is 13.2 Å². The number of rotatable bonds is 7. The molecule has 1 heterocycles. The molecule has 2 aromatic rings. The van der Waals surface area contributed by atoms with Gasteiger partial charge in [-0.15, -0.1) is 0 Å². The number of para-hydroxylation sites is 1. The van der Waals surface area contributed by atoms with Gasteiger partial charge in [0.1, 0.15) is 11.8 Å². The van der Waals surface area contributed by atoms with Crippen LogP contribution in [0.2, 0.25) is 0 Å². The van der Waals surface area contributed by atoms with Crippen LogP contribution < -0.4 is 10.1 Å². The van der Waals surface area contributed by atoms with E-state index in [1.54, 1.807) is 55.5 Å². The van der Waals surface area contributed by atoms with E-state index in [1.165, 1.54) is 4.31 Å². The van der Waals surface area contributed by atoms with Crippen LogP contribution in [0.1, 0.15) is 37.3 Å². The number of ether oxygens (including phenoxy) is 1. The number of hydrogen-bond acceptors (Lipinski definition) is 5. The lowest BCUT2D eigenvalue weighted by Crippen LogP contribution is -2.36. The van der Waals surface area contributed by atoms with Gasteiger partial charge < -0.3 is 10.1 Å². The molecule has 1 unspecified atom stereocenters. The SMILES string of the molecule is CC(Oc1ccccc1C#N)C(=O)NCc1ccc(S(=O)(=O)N2CCCCC2)cc1. The zero-order valence-electron chi connectivity index (χ0n) is 16.9. The van der Waals surface area contributed by atoms with Crippen molar-refractivity contribution in [2.45, 2.75) is 43.7 Å². The number of carbonyl (C=O) groups excluding carboxylic acids is 1. The number of nitrogens with zero attached hydrogens (tertiary/aromatic N) is 2. The van der Waals surface area contributed by atoms with Gasteiger partial charge in [0.25, 0.3) is 5.91 Å². The number of carbonyl (C=O) groups is 1. The maximum absolute atomic E-state index is 12.7. The molecule has 1 N–H and O–H groups in total. The minimum Gasteiger partial charge on any atom is -0.480 e. The quantitative estimate of drug-likeness (QED) is 0.732. The number of piperidine rings is 1. The number of nitrogens with one attached hydrogen (secondary N) is 1. The number of nitriles is 1. The molecule has 1 aliphatic heterocycles. The summed E-state index contributed by atoms with van der Waals surface area (Å²) in [5.74, 6) is 0.0303. The Bertz CT molecular complexity index is 1020. The fourth-order valence-electron chi connectivity index (χ4n) is 3.27. The van der Waals surface area contributed by atoms with Crippen LogP contribution in [0.25, 0.3) is 0 Å². The number of sulfonamides is 1. The van der Waals surface area contributed by atoms with Gasteiger partial charge in [-0.25, -0.2) is 8.42 Å². The molecular weight excluding hydrogens is 402 g/mol. The summed E-state index contributed by atoms with van der Waals surface area (Å²) >= 11 is 0. The molecule has 8 heteroatoms. The van der Waals surface area contributed by atoms with Crippen LogP contribution >= 0.6 is 0 Å². The van der Waals surface area contributed by atoms with Gasteiger partial charge in [-0.05, 0) is 49.6 Å². The zero-order valence-corrected chi connectivity index (χ0v) is 17.7. The van der Waals surface area contributed by atoms with Gasteiger partial charge in [0.15, 0.2) is 6.10 Å². The van der Waals surface area contributed by atoms with Crippen LogP contribution in [-0.2, 0) is 21.4 Å². The number of amides is 1. The Hall–Kier alpha value is -2.89. The normalized spacial score (nSPS) is 15.7. The monoisotopic (exact) mass is 427 g/mol. The zero-order chi connectivity index (χ0) is 21.6. The maximum Gasteiger partial charge on any atom is 0.261 e. The lowest BCUT2D eigenvalue weighted by atomic mass is 10.2. The second-order valence-corrected chi connectivity index (χ2v) is 9.13. The standard InChI is InChI=1S/C22H25N3O4S/c1-17(29-21-8-4-3-7-19(21)15-23)22(26)24-16-18-9-11-20(12-10-18)30(27,28)25-13-5-2-6-14-25/h3-4,7-12,17H,2,5-6,13-14,16H2,1H3,(H,24,26). The molecule has 30 heavy (non-hydrogen) atoms. The van der Waals surface area contributed by atoms with Crippen molar-refractivity contribution < 1.29 is 17.9 Å². The molecule has 0 saturated carbocycles. The Kier molecular flexibility index (Phi) is 7.08. The van der Waals surface area contributed by atoms with Gasteiger partial charge in [0.05, 0.1) is 10.5 Å². The summed E-state index contributed by atoms with van der Waals surface area (Å²) in [7, 11) is -3.47. The molecule has 2 aromatic carbocycles. The van der Waals surface area contributed by atoms with Crippen LogP contribution in [0.5, 0.6) is 5.75 Å². The minimum atomic E-state index is -3.47. The van der Waals surface area contributed by atoms with Crippen molar-refractivity contribution >= 4 is 15.9 Å². The van der Waals surface area contributed by atoms with Crippen LogP contribution in [0.15, 0.2) is 53.4 Å². The molecule has 0 aromatic heterocycles. The molecule has 1 aliphatic rings. The average Bonchev–Trinajstić information content (AvgIpc) is 2.78. The van der Waals surface area contributed by atoms with E-state index in [0.717, 1.165) is 24.8 Å². The lowest BCUT2D eigenvalue weighted by molar-refractivity contribution is -0.127. The summed E-state index contributed by atoms with van der Waals surface area (Å²) in [6, 6.07) is 15.3. The van der Waals surface area contributed by atoms with Gasteiger partial charge in [0.2, 0.25) is 10.0 Å². The summed E-state index contributed by atoms with van der Waals surface area (Å²) in [4.78, 5) is 12.6. The van der Waals surface area contributed by atoms with E-state index in [1.807, 2.05) is 6.07 Å². The lowest BCUT2D eigenvalue weighted by Gasteiger charge is -2.25. The Labute approximate surface area is 177 Å². The number of benzene rings is 2. The first-order valence-corrected chi connectivity index (χ1v) is 11.4. The summed E-state index contributed by atoms with van der Waals surface area (Å²) in [6.07, 6.45) is 2.07. The van der Waals surface area contributed by atoms with Crippen LogP contribution in [0.3, 0.4) is 0 Å². The Balaban J connectivity index is 1.56. The molecule has 3 rings (SSSR count). The highest BCUT2D eigenvalue weighted by Crippen LogP contribution is 2.21. The molecule has 1 fully saturated rings. The third kappa shape index (κ3) is 5.17. The highest BCUT2D eigenvalue weighted by Gasteiger charge is 2.25. The Morgan fingerprint density at radius 3 is 2.47 bits per heavy atom. The number of hydrogen-bond donors (Lipinski definition) is 1. The molecule has 0 radical (unpaired) electrons. The molecule has 1 atom stereocenters. The molecule has 7 nitrogen and oxygen atoms in total. The van der Waals surface area contributed by atoms with Gasteiger partial charge in [-0.3, -0.25) is 4.79 Å². The van der Waals surface area contributed by atoms with Crippen molar-refractivity contribution in [3.05, 3.63) is 59.7 Å². The average molecular weight is 428 g/mol. The molecule has 0 aliphatic carbocycles. The molecule has 0 bridgehead atoms. The Morgan fingerprint density at radius 2 is 1.80 bits per heavy atom. The fourth-order valence-corrected chi connectivity index (χ4v) is 4.79. The van der Waals surface area contributed by atoms with Gasteiger partial charge in [-0.2, -0.15) is 9.57 Å². The van der Waals surface area contributed by atoms with Crippen molar-refractivity contribution in [2.24, 2.45) is 0 Å². The maximum atomic E-state index is 12.7. The Morgan fingerprint density at radius 1 is 1.13 bits per heavy atom. The van der Waals surface area contributed by atoms with E-state index in [2.05, 4.69) is 5.32 Å². The molecule has 158 valence electrons.